The summed E-state index contributed by atoms with van der Waals surface area (Å²) in [6.45, 7) is 0. The summed E-state index contributed by atoms with van der Waals surface area (Å²) >= 11 is 0. The zero-order valence-electron chi connectivity index (χ0n) is 9.37. The first kappa shape index (κ1) is 10.5. The Balaban J connectivity index is 1.96. The normalized spacial score (nSPS) is 12.6. The molecular weight excluding hydrogens is 228 g/mol. The highest BCUT2D eigenvalue weighted by Crippen LogP contribution is 2.32. The van der Waals surface area contributed by atoms with Crippen molar-refractivity contribution in [2.75, 3.05) is 0 Å². The molecule has 0 spiro atoms. The average molecular weight is 237 g/mol. The predicted octanol–water partition coefficient (Wildman–Crippen LogP) is 2.71. The largest absolute Gasteiger partial charge is 0.478 e. The average Bonchev–Trinajstić information content (AvgIpc) is 2.82. The molecule has 87 valence electrons. The van der Waals surface area contributed by atoms with Gasteiger partial charge in [-0.1, -0.05) is 30.3 Å². The fraction of sp³-hybridized carbons (Fsp3) is 0. The van der Waals surface area contributed by atoms with E-state index in [9.17, 15) is 4.79 Å². The number of hydrogen-bond donors (Lipinski definition) is 1. The SMILES string of the molecule is O=C(O)c1ccc2c(c1)[N]C(c1ccccc1)=N2. The van der Waals surface area contributed by atoms with Crippen LogP contribution in [0.25, 0.3) is 0 Å². The van der Waals surface area contributed by atoms with Crippen LogP contribution >= 0.6 is 0 Å². The molecule has 0 atom stereocenters. The number of carboxylic acid groups (broad SMARTS) is 1. The highest BCUT2D eigenvalue weighted by Gasteiger charge is 2.18. The minimum absolute atomic E-state index is 0.224. The topological polar surface area (TPSA) is 63.8 Å². The number of nitrogens with zero attached hydrogens (tertiary/aromatic N) is 2. The first-order chi connectivity index (χ1) is 8.74. The summed E-state index contributed by atoms with van der Waals surface area (Å²) in [6, 6.07) is 14.4. The fourth-order valence-electron chi connectivity index (χ4n) is 1.81. The van der Waals surface area contributed by atoms with Crippen LogP contribution in [0, 0.1) is 0 Å². The van der Waals surface area contributed by atoms with Gasteiger partial charge in [-0.25, -0.2) is 15.1 Å². The summed E-state index contributed by atoms with van der Waals surface area (Å²) in [4.78, 5) is 15.3. The van der Waals surface area contributed by atoms with Crippen molar-refractivity contribution in [3.05, 3.63) is 59.7 Å². The van der Waals surface area contributed by atoms with Crippen LogP contribution in [-0.2, 0) is 0 Å². The zero-order chi connectivity index (χ0) is 12.5. The second-order valence-electron chi connectivity index (χ2n) is 3.92. The Kier molecular flexibility index (Phi) is 2.34. The summed E-state index contributed by atoms with van der Waals surface area (Å²) in [7, 11) is 0. The molecule has 0 saturated carbocycles. The Morgan fingerprint density at radius 3 is 2.50 bits per heavy atom. The van der Waals surface area contributed by atoms with E-state index < -0.39 is 5.97 Å². The number of carbonyl (C=O) groups is 1. The molecule has 1 heterocycles. The van der Waals surface area contributed by atoms with Crippen LogP contribution in [-0.4, -0.2) is 16.9 Å². The Hall–Kier alpha value is -2.62. The fourth-order valence-corrected chi connectivity index (χ4v) is 1.81. The van der Waals surface area contributed by atoms with Gasteiger partial charge in [-0.05, 0) is 18.2 Å². The van der Waals surface area contributed by atoms with Crippen LogP contribution in [0.2, 0.25) is 0 Å². The van der Waals surface area contributed by atoms with Crippen LogP contribution in [0.4, 0.5) is 11.4 Å². The first-order valence-electron chi connectivity index (χ1n) is 5.47. The van der Waals surface area contributed by atoms with Crippen molar-refractivity contribution in [2.24, 2.45) is 4.99 Å². The molecule has 0 aromatic heterocycles. The predicted molar refractivity (Wildman–Crippen MR) is 67.8 cm³/mol. The highest BCUT2D eigenvalue weighted by atomic mass is 16.4. The molecule has 0 aliphatic carbocycles. The van der Waals surface area contributed by atoms with Gasteiger partial charge in [-0.3, -0.25) is 0 Å². The Morgan fingerprint density at radius 2 is 1.78 bits per heavy atom. The number of hydrogen-bond acceptors (Lipinski definition) is 2. The molecule has 1 aliphatic heterocycles. The maximum absolute atomic E-state index is 10.9. The monoisotopic (exact) mass is 237 g/mol. The molecule has 1 aliphatic rings. The minimum Gasteiger partial charge on any atom is -0.478 e. The lowest BCUT2D eigenvalue weighted by atomic mass is 10.2. The molecule has 0 bridgehead atoms. The van der Waals surface area contributed by atoms with Gasteiger partial charge in [-0.15, -0.1) is 0 Å². The standard InChI is InChI=1S/C14H9N2O2/c17-14(18)10-6-7-11-12(8-10)16-13(15-11)9-4-2-1-3-5-9/h1-8H,(H,17,18). The second kappa shape index (κ2) is 4.00. The van der Waals surface area contributed by atoms with Gasteiger partial charge >= 0.3 is 5.97 Å². The lowest BCUT2D eigenvalue weighted by molar-refractivity contribution is 0.0697. The van der Waals surface area contributed by atoms with Crippen LogP contribution in [0.3, 0.4) is 0 Å². The summed E-state index contributed by atoms with van der Waals surface area (Å²) in [5, 5.41) is 13.3. The van der Waals surface area contributed by atoms with E-state index in [-0.39, 0.29) is 5.56 Å². The van der Waals surface area contributed by atoms with E-state index in [2.05, 4.69) is 10.3 Å². The molecular formula is C14H9N2O2. The van der Waals surface area contributed by atoms with Gasteiger partial charge in [0.05, 0.1) is 16.9 Å². The van der Waals surface area contributed by atoms with Gasteiger partial charge in [0.2, 0.25) is 0 Å². The maximum atomic E-state index is 10.9. The number of fused-ring (bicyclic) bond motifs is 1. The molecule has 4 nitrogen and oxygen atoms in total. The van der Waals surface area contributed by atoms with Crippen LogP contribution < -0.4 is 5.32 Å². The van der Waals surface area contributed by atoms with Crippen LogP contribution in [0.15, 0.2) is 53.5 Å². The molecule has 1 radical (unpaired) electrons. The van der Waals surface area contributed by atoms with Gasteiger partial charge in [0.15, 0.2) is 5.84 Å². The molecule has 0 saturated heterocycles. The minimum atomic E-state index is -0.957. The van der Waals surface area contributed by atoms with E-state index in [4.69, 9.17) is 5.11 Å². The van der Waals surface area contributed by atoms with Gasteiger partial charge in [0, 0.05) is 5.56 Å². The number of amidine groups is 1. The molecule has 0 fully saturated rings. The summed E-state index contributed by atoms with van der Waals surface area (Å²) in [6.07, 6.45) is 0. The summed E-state index contributed by atoms with van der Waals surface area (Å²) in [5.74, 6) is -0.339. The van der Waals surface area contributed by atoms with Crippen molar-refractivity contribution in [1.82, 2.24) is 5.32 Å². The number of rotatable bonds is 2. The third kappa shape index (κ3) is 1.73. The maximum Gasteiger partial charge on any atom is 0.335 e. The molecule has 0 unspecified atom stereocenters. The zero-order valence-corrected chi connectivity index (χ0v) is 9.37. The Bertz CT molecular complexity index is 648. The lowest BCUT2D eigenvalue weighted by Crippen LogP contribution is -2.07. The molecule has 2 aromatic rings. The molecule has 4 heteroatoms. The number of aromatic carboxylic acids is 1. The van der Waals surface area contributed by atoms with Crippen molar-refractivity contribution in [1.29, 1.82) is 0 Å². The molecule has 3 rings (SSSR count). The van der Waals surface area contributed by atoms with Gasteiger partial charge in [-0.2, -0.15) is 0 Å². The lowest BCUT2D eigenvalue weighted by Gasteiger charge is -2.00. The molecule has 0 amide bonds. The highest BCUT2D eigenvalue weighted by molar-refractivity contribution is 6.07. The van der Waals surface area contributed by atoms with E-state index in [1.54, 1.807) is 6.07 Å². The quantitative estimate of drug-likeness (QED) is 0.872. The van der Waals surface area contributed by atoms with Crippen molar-refractivity contribution in [2.45, 2.75) is 0 Å². The summed E-state index contributed by atoms with van der Waals surface area (Å²) < 4.78 is 0. The van der Waals surface area contributed by atoms with E-state index in [0.29, 0.717) is 17.2 Å². The van der Waals surface area contributed by atoms with E-state index >= 15 is 0 Å². The Labute approximate surface area is 104 Å². The van der Waals surface area contributed by atoms with Crippen molar-refractivity contribution >= 4 is 23.2 Å². The van der Waals surface area contributed by atoms with Gasteiger partial charge in [0.1, 0.15) is 0 Å². The molecule has 2 aromatic carbocycles. The van der Waals surface area contributed by atoms with E-state index in [1.165, 1.54) is 12.1 Å². The van der Waals surface area contributed by atoms with Gasteiger partial charge < -0.3 is 5.11 Å². The van der Waals surface area contributed by atoms with Crippen molar-refractivity contribution in [3.8, 4) is 0 Å². The summed E-state index contributed by atoms with van der Waals surface area (Å²) in [5.41, 5.74) is 2.46. The number of aliphatic imine (C=N–C) groups is 1. The van der Waals surface area contributed by atoms with Crippen LogP contribution in [0.5, 0.6) is 0 Å². The Morgan fingerprint density at radius 1 is 1.00 bits per heavy atom. The second-order valence-corrected chi connectivity index (χ2v) is 3.92. The molecule has 1 N–H and O–H groups in total. The van der Waals surface area contributed by atoms with Crippen LogP contribution in [0.1, 0.15) is 15.9 Å². The van der Waals surface area contributed by atoms with Crippen molar-refractivity contribution in [3.63, 3.8) is 0 Å². The van der Waals surface area contributed by atoms with E-state index in [1.807, 2.05) is 30.3 Å². The van der Waals surface area contributed by atoms with E-state index in [0.717, 1.165) is 5.56 Å². The first-order valence-corrected chi connectivity index (χ1v) is 5.47. The third-order valence-electron chi connectivity index (χ3n) is 2.71. The molecule has 18 heavy (non-hydrogen) atoms. The smallest absolute Gasteiger partial charge is 0.335 e. The van der Waals surface area contributed by atoms with Gasteiger partial charge in [0.25, 0.3) is 0 Å². The van der Waals surface area contributed by atoms with Crippen molar-refractivity contribution < 1.29 is 9.90 Å². The number of benzene rings is 2. The number of carboxylic acids is 1. The third-order valence-corrected chi connectivity index (χ3v) is 2.71.